The van der Waals surface area contributed by atoms with Crippen LogP contribution in [0.25, 0.3) is 0 Å². The van der Waals surface area contributed by atoms with E-state index in [0.29, 0.717) is 37.8 Å². The number of hydrogen-bond acceptors (Lipinski definition) is 8. The Morgan fingerprint density at radius 3 is 2.35 bits per heavy atom. The maximum Gasteiger partial charge on any atom is 0.353 e. The average molecular weight is 357 g/mol. The molecular formula is C17H23N7O2. The molecule has 0 spiro atoms. The molecular weight excluding hydrogens is 334 g/mol. The van der Waals surface area contributed by atoms with Crippen molar-refractivity contribution in [3.8, 4) is 0 Å². The third-order valence-corrected chi connectivity index (χ3v) is 4.58. The number of nitrogens with zero attached hydrogens (tertiary/aromatic N) is 7. The second-order valence-electron chi connectivity index (χ2n) is 5.96. The molecule has 0 aliphatic carbocycles. The second-order valence-corrected chi connectivity index (χ2v) is 5.96. The maximum absolute atomic E-state index is 11.8. The Bertz CT molecular complexity index is 744. The molecule has 0 saturated carbocycles. The Morgan fingerprint density at radius 1 is 1.08 bits per heavy atom. The molecule has 0 N–H and O–H groups in total. The number of anilines is 3. The predicted octanol–water partition coefficient (Wildman–Crippen LogP) is 1.95. The van der Waals surface area contributed by atoms with Gasteiger partial charge in [-0.25, -0.2) is 15.0 Å². The van der Waals surface area contributed by atoms with Crippen molar-refractivity contribution in [3.05, 3.63) is 40.8 Å². The molecule has 1 aliphatic heterocycles. The third kappa shape index (κ3) is 3.51. The number of pyridine rings is 1. The quantitative estimate of drug-likeness (QED) is 0.572. The molecule has 0 unspecified atom stereocenters. The molecule has 0 atom stereocenters. The van der Waals surface area contributed by atoms with Gasteiger partial charge in [0.25, 0.3) is 0 Å². The van der Waals surface area contributed by atoms with E-state index >= 15 is 0 Å². The molecule has 0 bridgehead atoms. The molecule has 0 radical (unpaired) electrons. The Hall–Kier alpha value is -2.97. The average Bonchev–Trinajstić information content (AvgIpc) is 2.69. The zero-order valence-electron chi connectivity index (χ0n) is 15.1. The summed E-state index contributed by atoms with van der Waals surface area (Å²) in [6.07, 6.45) is 3.19. The predicted molar refractivity (Wildman–Crippen MR) is 101 cm³/mol. The smallest absolute Gasteiger partial charge is 0.353 e. The van der Waals surface area contributed by atoms with Crippen LogP contribution in [0.1, 0.15) is 13.8 Å². The van der Waals surface area contributed by atoms with Crippen LogP contribution in [0.5, 0.6) is 0 Å². The van der Waals surface area contributed by atoms with Crippen LogP contribution >= 0.6 is 0 Å². The summed E-state index contributed by atoms with van der Waals surface area (Å²) in [5, 5.41) is 11.8. The van der Waals surface area contributed by atoms with Gasteiger partial charge in [0.05, 0.1) is 4.92 Å². The first-order chi connectivity index (χ1) is 12.7. The van der Waals surface area contributed by atoms with E-state index in [1.54, 1.807) is 6.20 Å². The first-order valence-corrected chi connectivity index (χ1v) is 8.81. The number of piperazine rings is 1. The van der Waals surface area contributed by atoms with Gasteiger partial charge in [-0.05, 0) is 26.0 Å². The lowest BCUT2D eigenvalue weighted by Crippen LogP contribution is -2.47. The molecule has 26 heavy (non-hydrogen) atoms. The fraction of sp³-hybridized carbons (Fsp3) is 0.471. The normalized spacial score (nSPS) is 14.4. The monoisotopic (exact) mass is 357 g/mol. The minimum absolute atomic E-state index is 0.0116. The van der Waals surface area contributed by atoms with Crippen LogP contribution < -0.4 is 14.7 Å². The van der Waals surface area contributed by atoms with E-state index < -0.39 is 0 Å². The molecule has 2 aromatic rings. The number of aromatic nitrogens is 3. The molecule has 3 heterocycles. The summed E-state index contributed by atoms with van der Waals surface area (Å²) in [5.74, 6) is 1.71. The highest BCUT2D eigenvalue weighted by Crippen LogP contribution is 2.34. The van der Waals surface area contributed by atoms with Gasteiger partial charge in [-0.2, -0.15) is 0 Å². The lowest BCUT2D eigenvalue weighted by Gasteiger charge is -2.36. The lowest BCUT2D eigenvalue weighted by molar-refractivity contribution is -0.383. The van der Waals surface area contributed by atoms with E-state index in [4.69, 9.17) is 0 Å². The molecule has 138 valence electrons. The second kappa shape index (κ2) is 7.94. The van der Waals surface area contributed by atoms with Crippen LogP contribution in [0.3, 0.4) is 0 Å². The number of rotatable bonds is 6. The Labute approximate surface area is 152 Å². The zero-order chi connectivity index (χ0) is 18.5. The first kappa shape index (κ1) is 17.8. The minimum Gasteiger partial charge on any atom is -0.353 e. The molecule has 1 saturated heterocycles. The van der Waals surface area contributed by atoms with Crippen molar-refractivity contribution in [1.82, 2.24) is 15.0 Å². The molecule has 1 aliphatic rings. The van der Waals surface area contributed by atoms with Gasteiger partial charge in [-0.1, -0.05) is 6.07 Å². The summed E-state index contributed by atoms with van der Waals surface area (Å²) in [7, 11) is 0. The van der Waals surface area contributed by atoms with Gasteiger partial charge in [0.2, 0.25) is 11.6 Å². The largest absolute Gasteiger partial charge is 0.353 e. The van der Waals surface area contributed by atoms with Crippen molar-refractivity contribution in [2.24, 2.45) is 0 Å². The molecule has 9 nitrogen and oxygen atoms in total. The Morgan fingerprint density at radius 2 is 1.77 bits per heavy atom. The fourth-order valence-electron chi connectivity index (χ4n) is 3.20. The van der Waals surface area contributed by atoms with Crippen molar-refractivity contribution in [1.29, 1.82) is 0 Å². The summed E-state index contributed by atoms with van der Waals surface area (Å²) in [6, 6.07) is 5.82. The van der Waals surface area contributed by atoms with Gasteiger partial charge >= 0.3 is 5.69 Å². The van der Waals surface area contributed by atoms with Crippen molar-refractivity contribution >= 4 is 23.1 Å². The molecule has 0 amide bonds. The van der Waals surface area contributed by atoms with Crippen LogP contribution in [0.4, 0.5) is 23.1 Å². The van der Waals surface area contributed by atoms with E-state index in [9.17, 15) is 10.1 Å². The van der Waals surface area contributed by atoms with Crippen LogP contribution in [-0.4, -0.2) is 59.1 Å². The van der Waals surface area contributed by atoms with Gasteiger partial charge in [0, 0.05) is 45.5 Å². The van der Waals surface area contributed by atoms with Crippen molar-refractivity contribution < 1.29 is 4.92 Å². The molecule has 9 heteroatoms. The summed E-state index contributed by atoms with van der Waals surface area (Å²) in [6.45, 7) is 7.99. The summed E-state index contributed by atoms with van der Waals surface area (Å²) < 4.78 is 0. The highest BCUT2D eigenvalue weighted by atomic mass is 16.6. The first-order valence-electron chi connectivity index (χ1n) is 8.81. The summed E-state index contributed by atoms with van der Waals surface area (Å²) in [4.78, 5) is 30.2. The number of hydrogen-bond donors (Lipinski definition) is 0. The lowest BCUT2D eigenvalue weighted by atomic mass is 10.2. The van der Waals surface area contributed by atoms with Crippen molar-refractivity contribution in [3.63, 3.8) is 0 Å². The Balaban J connectivity index is 1.84. The van der Waals surface area contributed by atoms with E-state index in [2.05, 4.69) is 19.9 Å². The van der Waals surface area contributed by atoms with Crippen molar-refractivity contribution in [2.45, 2.75) is 13.8 Å². The van der Waals surface area contributed by atoms with Gasteiger partial charge in [0.1, 0.15) is 12.1 Å². The molecule has 2 aromatic heterocycles. The summed E-state index contributed by atoms with van der Waals surface area (Å²) >= 11 is 0. The zero-order valence-corrected chi connectivity index (χ0v) is 15.1. The van der Waals surface area contributed by atoms with Gasteiger partial charge < -0.3 is 14.7 Å². The minimum atomic E-state index is -0.367. The van der Waals surface area contributed by atoms with Gasteiger partial charge in [-0.15, -0.1) is 0 Å². The maximum atomic E-state index is 11.8. The van der Waals surface area contributed by atoms with Gasteiger partial charge in [0.15, 0.2) is 0 Å². The van der Waals surface area contributed by atoms with E-state index in [-0.39, 0.29) is 10.6 Å². The van der Waals surface area contributed by atoms with Crippen LogP contribution in [-0.2, 0) is 0 Å². The van der Waals surface area contributed by atoms with Crippen LogP contribution in [0.15, 0.2) is 30.7 Å². The van der Waals surface area contributed by atoms with E-state index in [1.165, 1.54) is 6.33 Å². The molecule has 1 fully saturated rings. The number of nitro groups is 1. The SMILES string of the molecule is CCN(CC)c1ncnc(N2CCN(c3ccccn3)CC2)c1[N+](=O)[O-]. The van der Waals surface area contributed by atoms with Crippen LogP contribution in [0.2, 0.25) is 0 Å². The Kier molecular flexibility index (Phi) is 5.45. The van der Waals surface area contributed by atoms with Crippen molar-refractivity contribution in [2.75, 3.05) is 54.0 Å². The van der Waals surface area contributed by atoms with Gasteiger partial charge in [-0.3, -0.25) is 10.1 Å². The topological polar surface area (TPSA) is 91.5 Å². The van der Waals surface area contributed by atoms with E-state index in [0.717, 1.165) is 18.9 Å². The standard InChI is InChI=1S/C17H23N7O2/c1-3-21(4-2)16-15(24(25)26)17(20-13-19-16)23-11-9-22(10-12-23)14-7-5-6-8-18-14/h5-8,13H,3-4,9-12H2,1-2H3. The third-order valence-electron chi connectivity index (χ3n) is 4.58. The van der Waals surface area contributed by atoms with Crippen LogP contribution in [0, 0.1) is 10.1 Å². The fourth-order valence-corrected chi connectivity index (χ4v) is 3.20. The highest BCUT2D eigenvalue weighted by molar-refractivity contribution is 5.71. The molecule has 3 rings (SSSR count). The summed E-state index contributed by atoms with van der Waals surface area (Å²) in [5.41, 5.74) is -0.0116. The van der Waals surface area contributed by atoms with E-state index in [1.807, 2.05) is 41.8 Å². The highest BCUT2D eigenvalue weighted by Gasteiger charge is 2.31. The molecule has 0 aromatic carbocycles.